The molecule has 4 aliphatic heterocycles. The number of amides is 1. The smallest absolute Gasteiger partial charge is 0.240 e. The number of likely N-dealkylation sites (tertiary alicyclic amines) is 1. The molecule has 2 N–H and O–H groups in total. The predicted octanol–water partition coefficient (Wildman–Crippen LogP) is 2.83. The summed E-state index contributed by atoms with van der Waals surface area (Å²) >= 11 is 1.78. The summed E-state index contributed by atoms with van der Waals surface area (Å²) < 4.78 is 13.3. The number of hydrogen-bond donors (Lipinski definition) is 2. The quantitative estimate of drug-likeness (QED) is 0.684. The predicted molar refractivity (Wildman–Crippen MR) is 119 cm³/mol. The minimum absolute atomic E-state index is 0.0285. The van der Waals surface area contributed by atoms with E-state index < -0.39 is 10.6 Å². The van der Waals surface area contributed by atoms with Crippen LogP contribution in [0, 0.1) is 16.7 Å². The first-order valence-corrected chi connectivity index (χ1v) is 11.4. The number of fused-ring (bicyclic) bond motifs is 1. The van der Waals surface area contributed by atoms with E-state index in [9.17, 15) is 14.4 Å². The standard InChI is InChI=1S/C22H22FN7OS/c23-16(11-25)20-27-6-3-18(28-20)29-7-4-22(5-8-29)21(31)30-17(1-2-19(30)32-22)15-9-14(10-24)12-26-13-15/h3,6,9,11-13,17,19,25,28H,1-2,4-5,7-8H2/b20-16+,25-11?/t17-,19+/m0/s1. The van der Waals surface area contributed by atoms with Gasteiger partial charge in [0.15, 0.2) is 11.6 Å². The van der Waals surface area contributed by atoms with Gasteiger partial charge in [-0.2, -0.15) is 5.26 Å². The molecule has 1 spiro atoms. The molecule has 0 bridgehead atoms. The lowest BCUT2D eigenvalue weighted by molar-refractivity contribution is -0.134. The molecule has 2 atom stereocenters. The Labute approximate surface area is 189 Å². The fourth-order valence-electron chi connectivity index (χ4n) is 4.93. The van der Waals surface area contributed by atoms with Gasteiger partial charge in [0, 0.05) is 31.7 Å². The third kappa shape index (κ3) is 3.37. The van der Waals surface area contributed by atoms with Crippen molar-refractivity contribution in [2.24, 2.45) is 4.99 Å². The highest BCUT2D eigenvalue weighted by Gasteiger charge is 2.57. The van der Waals surface area contributed by atoms with E-state index in [4.69, 9.17) is 5.41 Å². The molecule has 1 aromatic rings. The summed E-state index contributed by atoms with van der Waals surface area (Å²) in [5.41, 5.74) is 1.44. The molecular formula is C22H22FN7OS. The van der Waals surface area contributed by atoms with E-state index in [1.165, 1.54) is 6.21 Å². The minimum Gasteiger partial charge on any atom is -0.358 e. The highest BCUT2D eigenvalue weighted by atomic mass is 32.2. The molecule has 1 aromatic heterocycles. The summed E-state index contributed by atoms with van der Waals surface area (Å²) in [6, 6.07) is 3.94. The zero-order valence-corrected chi connectivity index (χ0v) is 18.1. The number of pyridine rings is 1. The largest absolute Gasteiger partial charge is 0.358 e. The van der Waals surface area contributed by atoms with Crippen molar-refractivity contribution in [1.29, 1.82) is 10.7 Å². The Morgan fingerprint density at radius 2 is 2.19 bits per heavy atom. The number of carbonyl (C=O) groups is 1. The maximum atomic E-state index is 13.7. The van der Waals surface area contributed by atoms with E-state index in [1.807, 2.05) is 11.0 Å². The molecule has 32 heavy (non-hydrogen) atoms. The van der Waals surface area contributed by atoms with Gasteiger partial charge < -0.3 is 20.5 Å². The van der Waals surface area contributed by atoms with Crippen molar-refractivity contribution in [2.45, 2.75) is 41.8 Å². The van der Waals surface area contributed by atoms with Crippen molar-refractivity contribution in [3.05, 3.63) is 53.1 Å². The molecular weight excluding hydrogens is 429 g/mol. The van der Waals surface area contributed by atoms with Crippen LogP contribution in [0.25, 0.3) is 0 Å². The Hall–Kier alpha value is -3.19. The van der Waals surface area contributed by atoms with Crippen LogP contribution in [0.4, 0.5) is 4.39 Å². The molecule has 0 saturated carbocycles. The zero-order valence-electron chi connectivity index (χ0n) is 17.3. The maximum Gasteiger partial charge on any atom is 0.240 e. The second-order valence-electron chi connectivity index (χ2n) is 8.27. The van der Waals surface area contributed by atoms with Crippen molar-refractivity contribution >= 4 is 30.1 Å². The van der Waals surface area contributed by atoms with Gasteiger partial charge in [-0.25, -0.2) is 9.38 Å². The van der Waals surface area contributed by atoms with Crippen molar-refractivity contribution < 1.29 is 9.18 Å². The Morgan fingerprint density at radius 3 is 2.94 bits per heavy atom. The molecule has 8 nitrogen and oxygen atoms in total. The molecule has 164 valence electrons. The van der Waals surface area contributed by atoms with Gasteiger partial charge >= 0.3 is 0 Å². The molecule has 0 aliphatic carbocycles. The van der Waals surface area contributed by atoms with Gasteiger partial charge in [-0.3, -0.25) is 9.78 Å². The van der Waals surface area contributed by atoms with Crippen LogP contribution in [0.1, 0.15) is 42.9 Å². The molecule has 3 saturated heterocycles. The van der Waals surface area contributed by atoms with Gasteiger partial charge in [0.25, 0.3) is 0 Å². The number of aromatic nitrogens is 1. The molecule has 5 heterocycles. The number of rotatable bonds is 3. The number of thioether (sulfide) groups is 1. The molecule has 0 aromatic carbocycles. The number of nitrogens with one attached hydrogen (secondary N) is 2. The zero-order chi connectivity index (χ0) is 22.3. The molecule has 10 heteroatoms. The summed E-state index contributed by atoms with van der Waals surface area (Å²) in [6.45, 7) is 1.34. The van der Waals surface area contributed by atoms with Crippen LogP contribution in [0.3, 0.4) is 0 Å². The molecule has 3 fully saturated rings. The first-order valence-electron chi connectivity index (χ1n) is 10.6. The number of nitrogens with zero attached hydrogens (tertiary/aromatic N) is 5. The number of allylic oxidation sites excluding steroid dienone is 2. The SMILES string of the molecule is N#Cc1cncc([C@@H]2CC[C@H]3SC4(CCN(C5=CC=N/C(=C(\F)C=N)N5)CC4)C(=O)N32)c1. The van der Waals surface area contributed by atoms with Crippen LogP contribution in [0.2, 0.25) is 0 Å². The third-order valence-electron chi connectivity index (χ3n) is 6.54. The Bertz CT molecular complexity index is 1100. The Kier molecular flexibility index (Phi) is 5.21. The molecule has 4 aliphatic rings. The molecule has 0 radical (unpaired) electrons. The van der Waals surface area contributed by atoms with Gasteiger partial charge in [0.05, 0.1) is 23.2 Å². The van der Waals surface area contributed by atoms with Gasteiger partial charge in [-0.1, -0.05) is 0 Å². The van der Waals surface area contributed by atoms with E-state index >= 15 is 0 Å². The Balaban J connectivity index is 1.30. The van der Waals surface area contributed by atoms with Crippen LogP contribution in [0.15, 0.2) is 47.0 Å². The fourth-order valence-corrected chi connectivity index (χ4v) is 6.69. The first kappa shape index (κ1) is 20.7. The lowest BCUT2D eigenvalue weighted by Gasteiger charge is -2.40. The Morgan fingerprint density at radius 1 is 1.38 bits per heavy atom. The molecule has 5 rings (SSSR count). The second-order valence-corrected chi connectivity index (χ2v) is 9.84. The monoisotopic (exact) mass is 451 g/mol. The van der Waals surface area contributed by atoms with Crippen molar-refractivity contribution in [3.8, 4) is 6.07 Å². The summed E-state index contributed by atoms with van der Waals surface area (Å²) in [5.74, 6) is 0.221. The fraction of sp³-hybridized carbons (Fsp3) is 0.409. The number of piperidine rings is 1. The van der Waals surface area contributed by atoms with Crippen LogP contribution in [0.5, 0.6) is 0 Å². The molecule has 1 amide bonds. The summed E-state index contributed by atoms with van der Waals surface area (Å²) in [4.78, 5) is 25.9. The van der Waals surface area contributed by atoms with Gasteiger partial charge in [-0.05, 0) is 43.4 Å². The van der Waals surface area contributed by atoms with E-state index in [0.717, 1.165) is 24.2 Å². The molecule has 0 unspecified atom stereocenters. The average Bonchev–Trinajstić information content (AvgIpc) is 3.37. The summed E-state index contributed by atoms with van der Waals surface area (Å²) in [6.07, 6.45) is 10.5. The van der Waals surface area contributed by atoms with Gasteiger partial charge in [0.1, 0.15) is 16.6 Å². The third-order valence-corrected chi connectivity index (χ3v) is 8.31. The van der Waals surface area contributed by atoms with Crippen LogP contribution in [-0.4, -0.2) is 56.3 Å². The van der Waals surface area contributed by atoms with E-state index in [1.54, 1.807) is 30.2 Å². The van der Waals surface area contributed by atoms with Crippen LogP contribution in [-0.2, 0) is 4.79 Å². The number of aliphatic imine (C=N–C) groups is 1. The van der Waals surface area contributed by atoms with Crippen molar-refractivity contribution in [3.63, 3.8) is 0 Å². The minimum atomic E-state index is -0.719. The maximum absolute atomic E-state index is 13.7. The average molecular weight is 452 g/mol. The second kappa shape index (κ2) is 8.06. The first-order chi connectivity index (χ1) is 15.5. The lowest BCUT2D eigenvalue weighted by atomic mass is 9.93. The van der Waals surface area contributed by atoms with Gasteiger partial charge in [-0.15, -0.1) is 11.8 Å². The van der Waals surface area contributed by atoms with Crippen LogP contribution < -0.4 is 5.32 Å². The van der Waals surface area contributed by atoms with Crippen LogP contribution >= 0.6 is 11.8 Å². The highest BCUT2D eigenvalue weighted by Crippen LogP contribution is 2.55. The van der Waals surface area contributed by atoms with E-state index in [2.05, 4.69) is 26.3 Å². The summed E-state index contributed by atoms with van der Waals surface area (Å²) in [7, 11) is 0. The van der Waals surface area contributed by atoms with E-state index in [0.29, 0.717) is 37.7 Å². The summed E-state index contributed by atoms with van der Waals surface area (Å²) in [5, 5.41) is 19.4. The topological polar surface area (TPSA) is 108 Å². The van der Waals surface area contributed by atoms with E-state index in [-0.39, 0.29) is 23.1 Å². The number of hydrogen-bond acceptors (Lipinski definition) is 8. The highest BCUT2D eigenvalue weighted by molar-refractivity contribution is 8.02. The normalized spacial score (nSPS) is 27.6. The van der Waals surface area contributed by atoms with Crippen molar-refractivity contribution in [1.82, 2.24) is 20.1 Å². The van der Waals surface area contributed by atoms with Crippen molar-refractivity contribution in [2.75, 3.05) is 13.1 Å². The number of carbonyl (C=O) groups excluding carboxylic acids is 1. The van der Waals surface area contributed by atoms with Gasteiger partial charge in [0.2, 0.25) is 5.91 Å². The lowest BCUT2D eigenvalue weighted by Crippen LogP contribution is -2.49. The number of nitriles is 1. The number of halogens is 1.